The second-order valence-corrected chi connectivity index (χ2v) is 13.3. The molecule has 0 aliphatic rings. The van der Waals surface area contributed by atoms with Gasteiger partial charge in [0, 0.05) is 44.2 Å². The van der Waals surface area contributed by atoms with Crippen molar-refractivity contribution in [2.75, 3.05) is 4.90 Å². The van der Waals surface area contributed by atoms with E-state index in [1.807, 2.05) is 72.8 Å². The monoisotopic (exact) mass is 692 g/mol. The molecule has 0 radical (unpaired) electrons. The summed E-state index contributed by atoms with van der Waals surface area (Å²) in [6.07, 6.45) is 0. The second kappa shape index (κ2) is 13.3. The first-order chi connectivity index (χ1) is 26.7. The predicted octanol–water partition coefficient (Wildman–Crippen LogP) is 13.1. The van der Waals surface area contributed by atoms with Crippen molar-refractivity contribution >= 4 is 49.8 Å². The Morgan fingerprint density at radius 1 is 0.333 bits per heavy atom. The van der Waals surface area contributed by atoms with Crippen molar-refractivity contribution < 1.29 is 4.42 Å². The summed E-state index contributed by atoms with van der Waals surface area (Å²) >= 11 is 0. The lowest BCUT2D eigenvalue weighted by Crippen LogP contribution is -2.10. The molecule has 0 bridgehead atoms. The van der Waals surface area contributed by atoms with Crippen molar-refractivity contribution in [1.82, 2.24) is 15.0 Å². The Balaban J connectivity index is 1.09. The van der Waals surface area contributed by atoms with E-state index in [1.54, 1.807) is 0 Å². The minimum Gasteiger partial charge on any atom is -0.456 e. The lowest BCUT2D eigenvalue weighted by atomic mass is 10.0. The van der Waals surface area contributed by atoms with E-state index in [4.69, 9.17) is 19.4 Å². The minimum atomic E-state index is 0.590. The van der Waals surface area contributed by atoms with Gasteiger partial charge < -0.3 is 9.32 Å². The lowest BCUT2D eigenvalue weighted by molar-refractivity contribution is 0.669. The summed E-state index contributed by atoms with van der Waals surface area (Å²) in [5.41, 5.74) is 9.88. The van der Waals surface area contributed by atoms with E-state index in [2.05, 4.69) is 126 Å². The van der Waals surface area contributed by atoms with Crippen LogP contribution >= 0.6 is 0 Å². The Bertz CT molecular complexity index is 2860. The average molecular weight is 693 g/mol. The minimum absolute atomic E-state index is 0.590. The van der Waals surface area contributed by atoms with E-state index >= 15 is 0 Å². The Morgan fingerprint density at radius 3 is 1.56 bits per heavy atom. The van der Waals surface area contributed by atoms with Gasteiger partial charge in [-0.2, -0.15) is 0 Å². The van der Waals surface area contributed by atoms with E-state index in [0.717, 1.165) is 55.7 Å². The highest BCUT2D eigenvalue weighted by Gasteiger charge is 2.19. The molecule has 10 rings (SSSR count). The van der Waals surface area contributed by atoms with Gasteiger partial charge in [0.05, 0.1) is 5.69 Å². The molecule has 254 valence electrons. The molecular formula is C49H32N4O. The first-order valence-electron chi connectivity index (χ1n) is 18.0. The Morgan fingerprint density at radius 2 is 0.870 bits per heavy atom. The molecule has 0 spiro atoms. The van der Waals surface area contributed by atoms with Gasteiger partial charge in [-0.15, -0.1) is 0 Å². The van der Waals surface area contributed by atoms with Crippen molar-refractivity contribution in [3.63, 3.8) is 0 Å². The van der Waals surface area contributed by atoms with Crippen molar-refractivity contribution in [2.45, 2.75) is 0 Å². The molecule has 2 heterocycles. The molecule has 5 nitrogen and oxygen atoms in total. The molecule has 0 aliphatic carbocycles. The van der Waals surface area contributed by atoms with Gasteiger partial charge in [-0.05, 0) is 65.0 Å². The van der Waals surface area contributed by atoms with Gasteiger partial charge in [-0.25, -0.2) is 15.0 Å². The van der Waals surface area contributed by atoms with Crippen molar-refractivity contribution in [3.8, 4) is 45.3 Å². The average Bonchev–Trinajstić information content (AvgIpc) is 3.62. The van der Waals surface area contributed by atoms with Gasteiger partial charge in [0.15, 0.2) is 17.5 Å². The van der Waals surface area contributed by atoms with E-state index in [1.165, 1.54) is 21.9 Å². The van der Waals surface area contributed by atoms with E-state index < -0.39 is 0 Å². The Kier molecular flexibility index (Phi) is 7.73. The zero-order valence-corrected chi connectivity index (χ0v) is 29.2. The highest BCUT2D eigenvalue weighted by atomic mass is 16.3. The summed E-state index contributed by atoms with van der Waals surface area (Å²) in [6, 6.07) is 67.1. The Hall–Kier alpha value is -7.37. The number of nitrogens with zero attached hydrogens (tertiary/aromatic N) is 4. The summed E-state index contributed by atoms with van der Waals surface area (Å²) in [6.45, 7) is 0. The maximum atomic E-state index is 6.54. The highest BCUT2D eigenvalue weighted by Crippen LogP contribution is 2.42. The fourth-order valence-electron chi connectivity index (χ4n) is 7.25. The predicted molar refractivity (Wildman–Crippen MR) is 221 cm³/mol. The van der Waals surface area contributed by atoms with Crippen molar-refractivity contribution in [2.24, 2.45) is 0 Å². The molecule has 5 heteroatoms. The first-order valence-corrected chi connectivity index (χ1v) is 18.0. The number of rotatable bonds is 7. The molecule has 8 aromatic carbocycles. The molecule has 2 aromatic heterocycles. The number of hydrogen-bond donors (Lipinski definition) is 0. The van der Waals surface area contributed by atoms with Gasteiger partial charge >= 0.3 is 0 Å². The molecule has 10 aromatic rings. The quantitative estimate of drug-likeness (QED) is 0.166. The maximum Gasteiger partial charge on any atom is 0.164 e. The van der Waals surface area contributed by atoms with Crippen LogP contribution in [0.2, 0.25) is 0 Å². The molecule has 0 aliphatic heterocycles. The normalized spacial score (nSPS) is 11.3. The number of furan rings is 1. The highest BCUT2D eigenvalue weighted by molar-refractivity contribution is 6.08. The molecule has 0 unspecified atom stereocenters. The van der Waals surface area contributed by atoms with Gasteiger partial charge in [-0.3, -0.25) is 0 Å². The lowest BCUT2D eigenvalue weighted by Gasteiger charge is -2.27. The maximum absolute atomic E-state index is 6.54. The van der Waals surface area contributed by atoms with Crippen molar-refractivity contribution in [3.05, 3.63) is 194 Å². The third kappa shape index (κ3) is 5.74. The molecule has 0 amide bonds. The number of fused-ring (bicyclic) bond motifs is 4. The first kappa shape index (κ1) is 31.4. The summed E-state index contributed by atoms with van der Waals surface area (Å²) < 4.78 is 6.54. The van der Waals surface area contributed by atoms with E-state index in [-0.39, 0.29) is 0 Å². The summed E-state index contributed by atoms with van der Waals surface area (Å²) in [4.78, 5) is 17.1. The van der Waals surface area contributed by atoms with Crippen molar-refractivity contribution in [1.29, 1.82) is 0 Å². The third-order valence-electron chi connectivity index (χ3n) is 9.91. The summed E-state index contributed by atoms with van der Waals surface area (Å²) in [5.74, 6) is 1.84. The number of hydrogen-bond acceptors (Lipinski definition) is 5. The molecule has 0 saturated heterocycles. The fourth-order valence-corrected chi connectivity index (χ4v) is 7.25. The van der Waals surface area contributed by atoms with Crippen LogP contribution in [0.1, 0.15) is 0 Å². The largest absolute Gasteiger partial charge is 0.456 e. The molecule has 0 fully saturated rings. The van der Waals surface area contributed by atoms with Crippen LogP contribution in [0.5, 0.6) is 0 Å². The SMILES string of the molecule is c1ccc(-c2ccc(N(c3ccc4oc5cc(-c6nc(-c7ccccc7)nc(-c7ccccc7)n6)ccc5c4c3)c3cccc4ccccc34)cc2)cc1. The van der Waals surface area contributed by atoms with Crippen LogP contribution in [0, 0.1) is 0 Å². The van der Waals surface area contributed by atoms with E-state index in [0.29, 0.717) is 17.5 Å². The summed E-state index contributed by atoms with van der Waals surface area (Å²) in [5, 5.41) is 4.42. The van der Waals surface area contributed by atoms with Crippen LogP contribution in [0.3, 0.4) is 0 Å². The van der Waals surface area contributed by atoms with Crippen LogP contribution in [0.25, 0.3) is 78.0 Å². The Labute approximate surface area is 312 Å². The summed E-state index contributed by atoms with van der Waals surface area (Å²) in [7, 11) is 0. The molecule has 54 heavy (non-hydrogen) atoms. The van der Waals surface area contributed by atoms with Gasteiger partial charge in [0.2, 0.25) is 0 Å². The molecule has 0 atom stereocenters. The topological polar surface area (TPSA) is 55.1 Å². The number of benzene rings is 8. The zero-order chi connectivity index (χ0) is 35.8. The zero-order valence-electron chi connectivity index (χ0n) is 29.2. The van der Waals surface area contributed by atoms with Crippen LogP contribution < -0.4 is 4.90 Å². The standard InChI is InChI=1S/C49H32N4O/c1-4-13-33(14-5-1)34-23-26-39(27-24-34)53(44-22-12-20-35-15-10-11-21-41(35)44)40-28-30-45-43(32-40)42-29-25-38(31-46(42)54-45)49-51-47(36-16-6-2-7-17-36)50-48(52-49)37-18-8-3-9-19-37/h1-32H. The smallest absolute Gasteiger partial charge is 0.164 e. The number of anilines is 3. The van der Waals surface area contributed by atoms with Crippen LogP contribution in [-0.4, -0.2) is 15.0 Å². The molecular weight excluding hydrogens is 661 g/mol. The van der Waals surface area contributed by atoms with Gasteiger partial charge in [-0.1, -0.05) is 146 Å². The molecule has 0 N–H and O–H groups in total. The van der Waals surface area contributed by atoms with Gasteiger partial charge in [0.1, 0.15) is 11.2 Å². The van der Waals surface area contributed by atoms with Crippen LogP contribution in [0.15, 0.2) is 199 Å². The third-order valence-corrected chi connectivity index (χ3v) is 9.91. The van der Waals surface area contributed by atoms with Gasteiger partial charge in [0.25, 0.3) is 0 Å². The van der Waals surface area contributed by atoms with Crippen LogP contribution in [-0.2, 0) is 0 Å². The van der Waals surface area contributed by atoms with Crippen LogP contribution in [0.4, 0.5) is 17.1 Å². The van der Waals surface area contributed by atoms with E-state index in [9.17, 15) is 0 Å². The molecule has 0 saturated carbocycles. The number of aromatic nitrogens is 3. The fraction of sp³-hybridized carbons (Fsp3) is 0. The second-order valence-electron chi connectivity index (χ2n) is 13.3.